The Bertz CT molecular complexity index is 1040. The number of anilines is 1. The maximum absolute atomic E-state index is 13.4. The van der Waals surface area contributed by atoms with Crippen molar-refractivity contribution in [1.29, 1.82) is 0 Å². The predicted octanol–water partition coefficient (Wildman–Crippen LogP) is 3.05. The molecule has 29 heavy (non-hydrogen) atoms. The van der Waals surface area contributed by atoms with Crippen molar-refractivity contribution in [3.8, 4) is 0 Å². The van der Waals surface area contributed by atoms with Gasteiger partial charge in [-0.25, -0.2) is 17.2 Å². The smallest absolute Gasteiger partial charge is 0.269 e. The van der Waals surface area contributed by atoms with Crippen LogP contribution < -0.4 is 5.32 Å². The molecule has 1 aliphatic rings. The Morgan fingerprint density at radius 3 is 2.41 bits per heavy atom. The van der Waals surface area contributed by atoms with Gasteiger partial charge in [0, 0.05) is 30.4 Å². The molecule has 2 aromatic carbocycles. The quantitative estimate of drug-likeness (QED) is 0.585. The normalized spacial score (nSPS) is 17.7. The van der Waals surface area contributed by atoms with Crippen LogP contribution in [0.2, 0.25) is 0 Å². The highest BCUT2D eigenvalue weighted by molar-refractivity contribution is 7.89. The summed E-state index contributed by atoms with van der Waals surface area (Å²) in [5.74, 6) is -2.87. The van der Waals surface area contributed by atoms with Gasteiger partial charge in [-0.05, 0) is 37.1 Å². The largest absolute Gasteiger partial charge is 0.325 e. The van der Waals surface area contributed by atoms with Gasteiger partial charge in [0.2, 0.25) is 15.9 Å². The molecule has 8 nitrogen and oxygen atoms in total. The number of nitro groups is 1. The fourth-order valence-corrected chi connectivity index (χ4v) is 4.79. The highest BCUT2D eigenvalue weighted by Crippen LogP contribution is 2.27. The molecular formula is C18H17F2N3O5S. The molecule has 1 N–H and O–H groups in total. The van der Waals surface area contributed by atoms with Crippen LogP contribution in [0, 0.1) is 21.7 Å². The number of piperidine rings is 1. The van der Waals surface area contributed by atoms with Crippen molar-refractivity contribution in [2.45, 2.75) is 30.2 Å². The van der Waals surface area contributed by atoms with Crippen LogP contribution in [0.4, 0.5) is 20.2 Å². The summed E-state index contributed by atoms with van der Waals surface area (Å²) >= 11 is 0. The Morgan fingerprint density at radius 2 is 1.79 bits per heavy atom. The van der Waals surface area contributed by atoms with Crippen LogP contribution in [0.1, 0.15) is 19.3 Å². The molecule has 0 aromatic heterocycles. The summed E-state index contributed by atoms with van der Waals surface area (Å²) in [6.45, 7) is 0.0924. The summed E-state index contributed by atoms with van der Waals surface area (Å²) in [5.41, 5.74) is -0.248. The third-order valence-corrected chi connectivity index (χ3v) is 6.52. The molecule has 1 atom stereocenters. The lowest BCUT2D eigenvalue weighted by Gasteiger charge is -2.33. The second kappa shape index (κ2) is 8.21. The molecule has 0 bridgehead atoms. The summed E-state index contributed by atoms with van der Waals surface area (Å²) in [4.78, 5) is 22.6. The minimum atomic E-state index is -4.09. The number of rotatable bonds is 5. The lowest BCUT2D eigenvalue weighted by molar-refractivity contribution is -0.384. The number of hydrogen-bond donors (Lipinski definition) is 1. The molecule has 0 saturated carbocycles. The zero-order valence-electron chi connectivity index (χ0n) is 15.0. The molecule has 1 amide bonds. The Morgan fingerprint density at radius 1 is 1.10 bits per heavy atom. The summed E-state index contributed by atoms with van der Waals surface area (Å²) in [6.07, 6.45) is 1.41. The summed E-state index contributed by atoms with van der Waals surface area (Å²) in [7, 11) is -4.09. The van der Waals surface area contributed by atoms with E-state index in [0.717, 1.165) is 40.7 Å². The molecule has 2 aromatic rings. The third kappa shape index (κ3) is 4.40. The molecule has 3 rings (SSSR count). The minimum Gasteiger partial charge on any atom is -0.325 e. The van der Waals surface area contributed by atoms with Gasteiger partial charge < -0.3 is 5.32 Å². The number of sulfonamides is 1. The number of non-ortho nitro benzene ring substituents is 1. The molecule has 0 radical (unpaired) electrons. The fourth-order valence-electron chi connectivity index (χ4n) is 3.13. The van der Waals surface area contributed by atoms with Crippen LogP contribution in [-0.2, 0) is 14.8 Å². The second-order valence-corrected chi connectivity index (χ2v) is 8.39. The first-order chi connectivity index (χ1) is 13.7. The first-order valence-corrected chi connectivity index (χ1v) is 10.2. The molecular weight excluding hydrogens is 408 g/mol. The average Bonchev–Trinajstić information content (AvgIpc) is 2.70. The van der Waals surface area contributed by atoms with Crippen molar-refractivity contribution >= 4 is 27.3 Å². The number of carbonyl (C=O) groups excluding carboxylic acids is 1. The summed E-state index contributed by atoms with van der Waals surface area (Å²) < 4.78 is 53.5. The number of nitrogens with zero attached hydrogens (tertiary/aromatic N) is 2. The third-order valence-electron chi connectivity index (χ3n) is 4.60. The van der Waals surface area contributed by atoms with E-state index in [1.165, 1.54) is 6.07 Å². The van der Waals surface area contributed by atoms with E-state index in [4.69, 9.17) is 0 Å². The van der Waals surface area contributed by atoms with Crippen molar-refractivity contribution in [3.63, 3.8) is 0 Å². The average molecular weight is 425 g/mol. The number of amides is 1. The molecule has 154 valence electrons. The molecule has 0 unspecified atom stereocenters. The molecule has 0 aliphatic carbocycles. The first kappa shape index (κ1) is 20.8. The van der Waals surface area contributed by atoms with Gasteiger partial charge in [0.05, 0.1) is 9.82 Å². The number of hydrogen-bond acceptors (Lipinski definition) is 5. The minimum absolute atomic E-state index is 0.00663. The van der Waals surface area contributed by atoms with Crippen LogP contribution >= 0.6 is 0 Å². The summed E-state index contributed by atoms with van der Waals surface area (Å²) in [5, 5.41) is 13.2. The standard InChI is InChI=1S/C18H17F2N3O5S/c19-15-9-4-12(11-16(15)20)21-18(24)17-3-1-2-10-22(17)29(27,28)14-7-5-13(6-8-14)23(25)26/h4-9,11,17H,1-3,10H2,(H,21,24)/t17-/m1/s1. The van der Waals surface area contributed by atoms with Crippen LogP contribution in [0.5, 0.6) is 0 Å². The maximum Gasteiger partial charge on any atom is 0.269 e. The number of nitro benzene ring substituents is 1. The predicted molar refractivity (Wildman–Crippen MR) is 99.6 cm³/mol. The first-order valence-electron chi connectivity index (χ1n) is 8.72. The van der Waals surface area contributed by atoms with Crippen LogP contribution in [-0.4, -0.2) is 36.1 Å². The Hall–Kier alpha value is -2.92. The van der Waals surface area contributed by atoms with E-state index >= 15 is 0 Å². The van der Waals surface area contributed by atoms with Gasteiger partial charge in [0.15, 0.2) is 11.6 Å². The van der Waals surface area contributed by atoms with E-state index in [0.29, 0.717) is 12.8 Å². The second-order valence-electron chi connectivity index (χ2n) is 6.50. The number of nitrogens with one attached hydrogen (secondary N) is 1. The van der Waals surface area contributed by atoms with Gasteiger partial charge in [0.25, 0.3) is 5.69 Å². The maximum atomic E-state index is 13.4. The van der Waals surface area contributed by atoms with Gasteiger partial charge in [-0.1, -0.05) is 6.42 Å². The van der Waals surface area contributed by atoms with E-state index in [2.05, 4.69) is 5.32 Å². The molecule has 1 fully saturated rings. The Kier molecular flexibility index (Phi) is 5.89. The number of carbonyl (C=O) groups is 1. The monoisotopic (exact) mass is 425 g/mol. The molecule has 1 aliphatic heterocycles. The Balaban J connectivity index is 1.85. The van der Waals surface area contributed by atoms with E-state index in [-0.39, 0.29) is 29.2 Å². The van der Waals surface area contributed by atoms with E-state index < -0.39 is 38.5 Å². The van der Waals surface area contributed by atoms with Gasteiger partial charge >= 0.3 is 0 Å². The highest BCUT2D eigenvalue weighted by Gasteiger charge is 2.37. The van der Waals surface area contributed by atoms with E-state index in [1.807, 2.05) is 0 Å². The van der Waals surface area contributed by atoms with Gasteiger partial charge in [0.1, 0.15) is 6.04 Å². The zero-order chi connectivity index (χ0) is 21.2. The molecule has 1 saturated heterocycles. The molecule has 0 spiro atoms. The van der Waals surface area contributed by atoms with Crippen molar-refractivity contribution in [2.75, 3.05) is 11.9 Å². The van der Waals surface area contributed by atoms with Crippen molar-refractivity contribution < 1.29 is 26.9 Å². The van der Waals surface area contributed by atoms with Gasteiger partial charge in [-0.2, -0.15) is 4.31 Å². The van der Waals surface area contributed by atoms with E-state index in [9.17, 15) is 32.1 Å². The topological polar surface area (TPSA) is 110 Å². The Labute approximate surface area is 165 Å². The van der Waals surface area contributed by atoms with Crippen molar-refractivity contribution in [2.24, 2.45) is 0 Å². The zero-order valence-corrected chi connectivity index (χ0v) is 15.9. The fraction of sp³-hybridized carbons (Fsp3) is 0.278. The van der Waals surface area contributed by atoms with Crippen LogP contribution in [0.3, 0.4) is 0 Å². The van der Waals surface area contributed by atoms with Crippen molar-refractivity contribution in [1.82, 2.24) is 4.31 Å². The van der Waals surface area contributed by atoms with E-state index in [1.54, 1.807) is 0 Å². The van der Waals surface area contributed by atoms with Crippen LogP contribution in [0.15, 0.2) is 47.4 Å². The van der Waals surface area contributed by atoms with Gasteiger partial charge in [-0.15, -0.1) is 0 Å². The highest BCUT2D eigenvalue weighted by atomic mass is 32.2. The molecule has 1 heterocycles. The summed E-state index contributed by atoms with van der Waals surface area (Å²) in [6, 6.07) is 6.19. The lowest BCUT2D eigenvalue weighted by atomic mass is 10.0. The SMILES string of the molecule is O=C(Nc1ccc(F)c(F)c1)[C@H]1CCCCN1S(=O)(=O)c1ccc([N+](=O)[O-])cc1. The lowest BCUT2D eigenvalue weighted by Crippen LogP contribution is -2.49. The van der Waals surface area contributed by atoms with Crippen LogP contribution in [0.25, 0.3) is 0 Å². The van der Waals surface area contributed by atoms with Gasteiger partial charge in [-0.3, -0.25) is 14.9 Å². The molecule has 11 heteroatoms. The number of halogens is 2. The van der Waals surface area contributed by atoms with Crippen molar-refractivity contribution in [3.05, 3.63) is 64.2 Å². The number of benzene rings is 2.